The molecule has 1 aromatic carbocycles. The minimum Gasteiger partial charge on any atom is -0.377 e. The first-order valence-corrected chi connectivity index (χ1v) is 9.20. The number of rotatable bonds is 5. The van der Waals surface area contributed by atoms with E-state index in [4.69, 9.17) is 4.74 Å². The maximum Gasteiger partial charge on any atom is 0.190 e. The molecule has 2 unspecified atom stereocenters. The molecule has 140 valence electrons. The van der Waals surface area contributed by atoms with Gasteiger partial charge in [0.05, 0.1) is 6.10 Å². The SMILES string of the molecule is CN=C(NCCc1ccc(F)cc1)NCC1CCCOC1C(C)(C)C. The maximum absolute atomic E-state index is 12.9. The Bertz CT molecular complexity index is 551. The molecule has 0 saturated carbocycles. The van der Waals surface area contributed by atoms with Crippen LogP contribution in [0.25, 0.3) is 0 Å². The molecule has 2 atom stereocenters. The molecule has 1 fully saturated rings. The van der Waals surface area contributed by atoms with Crippen molar-refractivity contribution < 1.29 is 9.13 Å². The van der Waals surface area contributed by atoms with E-state index < -0.39 is 0 Å². The van der Waals surface area contributed by atoms with Gasteiger partial charge in [-0.15, -0.1) is 0 Å². The van der Waals surface area contributed by atoms with Crippen LogP contribution in [0.5, 0.6) is 0 Å². The van der Waals surface area contributed by atoms with Crippen LogP contribution in [0, 0.1) is 17.2 Å². The summed E-state index contributed by atoms with van der Waals surface area (Å²) in [5.74, 6) is 1.10. The molecular formula is C20H32FN3O. The van der Waals surface area contributed by atoms with Crippen molar-refractivity contribution in [3.05, 3.63) is 35.6 Å². The molecule has 1 heterocycles. The summed E-state index contributed by atoms with van der Waals surface area (Å²) in [7, 11) is 1.78. The monoisotopic (exact) mass is 349 g/mol. The van der Waals surface area contributed by atoms with Gasteiger partial charge in [-0.2, -0.15) is 0 Å². The molecule has 0 radical (unpaired) electrons. The molecular weight excluding hydrogens is 317 g/mol. The highest BCUT2D eigenvalue weighted by molar-refractivity contribution is 5.79. The largest absolute Gasteiger partial charge is 0.377 e. The number of halogens is 1. The van der Waals surface area contributed by atoms with Crippen LogP contribution < -0.4 is 10.6 Å². The van der Waals surface area contributed by atoms with Gasteiger partial charge in [0.15, 0.2) is 5.96 Å². The zero-order chi connectivity index (χ0) is 18.3. The lowest BCUT2D eigenvalue weighted by Gasteiger charge is -2.40. The number of hydrogen-bond acceptors (Lipinski definition) is 2. The van der Waals surface area contributed by atoms with Crippen molar-refractivity contribution in [1.29, 1.82) is 0 Å². The van der Waals surface area contributed by atoms with Gasteiger partial charge in [-0.3, -0.25) is 4.99 Å². The highest BCUT2D eigenvalue weighted by Crippen LogP contribution is 2.33. The summed E-state index contributed by atoms with van der Waals surface area (Å²) in [4.78, 5) is 4.30. The smallest absolute Gasteiger partial charge is 0.190 e. The lowest BCUT2D eigenvalue weighted by molar-refractivity contribution is -0.0835. The number of guanidine groups is 1. The van der Waals surface area contributed by atoms with E-state index >= 15 is 0 Å². The third kappa shape index (κ3) is 6.31. The van der Waals surface area contributed by atoms with Crippen molar-refractivity contribution in [2.24, 2.45) is 16.3 Å². The summed E-state index contributed by atoms with van der Waals surface area (Å²) in [6, 6.07) is 6.64. The van der Waals surface area contributed by atoms with Crippen LogP contribution in [-0.2, 0) is 11.2 Å². The number of benzene rings is 1. The Morgan fingerprint density at radius 1 is 1.24 bits per heavy atom. The highest BCUT2D eigenvalue weighted by Gasteiger charge is 2.35. The van der Waals surface area contributed by atoms with E-state index in [1.807, 2.05) is 12.1 Å². The second-order valence-electron chi connectivity index (χ2n) is 7.82. The predicted octanol–water partition coefficient (Wildman–Crippen LogP) is 3.37. The van der Waals surface area contributed by atoms with Crippen LogP contribution >= 0.6 is 0 Å². The second-order valence-corrected chi connectivity index (χ2v) is 7.82. The Morgan fingerprint density at radius 2 is 1.96 bits per heavy atom. The molecule has 0 spiro atoms. The van der Waals surface area contributed by atoms with Gasteiger partial charge in [-0.1, -0.05) is 32.9 Å². The Morgan fingerprint density at radius 3 is 2.60 bits per heavy atom. The number of nitrogens with zero attached hydrogens (tertiary/aromatic N) is 1. The molecule has 1 aromatic rings. The molecule has 0 aliphatic carbocycles. The summed E-state index contributed by atoms with van der Waals surface area (Å²) in [6.45, 7) is 9.21. The fraction of sp³-hybridized carbons (Fsp3) is 0.650. The molecule has 0 amide bonds. The van der Waals surface area contributed by atoms with Crippen molar-refractivity contribution in [3.63, 3.8) is 0 Å². The fourth-order valence-corrected chi connectivity index (χ4v) is 3.43. The first kappa shape index (κ1) is 19.7. The van der Waals surface area contributed by atoms with Gasteiger partial charge in [0.25, 0.3) is 0 Å². The molecule has 2 rings (SSSR count). The van der Waals surface area contributed by atoms with Gasteiger partial charge in [0.1, 0.15) is 5.82 Å². The Kier molecular flexibility index (Phi) is 7.24. The molecule has 25 heavy (non-hydrogen) atoms. The van der Waals surface area contributed by atoms with Gasteiger partial charge < -0.3 is 15.4 Å². The van der Waals surface area contributed by atoms with Crippen molar-refractivity contribution in [3.8, 4) is 0 Å². The minimum atomic E-state index is -0.197. The Hall–Kier alpha value is -1.62. The van der Waals surface area contributed by atoms with E-state index in [9.17, 15) is 4.39 Å². The number of nitrogens with one attached hydrogen (secondary N) is 2. The summed E-state index contributed by atoms with van der Waals surface area (Å²) in [5.41, 5.74) is 1.25. The average Bonchev–Trinajstić information content (AvgIpc) is 2.59. The van der Waals surface area contributed by atoms with Crippen LogP contribution in [0.3, 0.4) is 0 Å². The van der Waals surface area contributed by atoms with Crippen LogP contribution in [0.2, 0.25) is 0 Å². The number of ether oxygens (including phenoxy) is 1. The fourth-order valence-electron chi connectivity index (χ4n) is 3.43. The lowest BCUT2D eigenvalue weighted by Crippen LogP contribution is -2.47. The van der Waals surface area contributed by atoms with Crippen LogP contribution in [0.1, 0.15) is 39.2 Å². The summed E-state index contributed by atoms with van der Waals surface area (Å²) < 4.78 is 19.0. The third-order valence-electron chi connectivity index (χ3n) is 4.67. The molecule has 1 aliphatic heterocycles. The van der Waals surface area contributed by atoms with Gasteiger partial charge >= 0.3 is 0 Å². The van der Waals surface area contributed by atoms with Gasteiger partial charge in [0, 0.05) is 32.7 Å². The third-order valence-corrected chi connectivity index (χ3v) is 4.67. The normalized spacial score (nSPS) is 21.9. The maximum atomic E-state index is 12.9. The number of hydrogen-bond donors (Lipinski definition) is 2. The van der Waals surface area contributed by atoms with Crippen molar-refractivity contribution in [2.75, 3.05) is 26.7 Å². The van der Waals surface area contributed by atoms with Gasteiger partial charge in [-0.25, -0.2) is 4.39 Å². The van der Waals surface area contributed by atoms with Crippen LogP contribution in [0.4, 0.5) is 4.39 Å². The quantitative estimate of drug-likeness (QED) is 0.633. The van der Waals surface area contributed by atoms with E-state index in [0.29, 0.717) is 5.92 Å². The van der Waals surface area contributed by atoms with Crippen LogP contribution in [-0.4, -0.2) is 38.8 Å². The average molecular weight is 349 g/mol. The first-order valence-electron chi connectivity index (χ1n) is 9.20. The number of aliphatic imine (C=N–C) groups is 1. The van der Waals surface area contributed by atoms with Gasteiger partial charge in [0.2, 0.25) is 0 Å². The Labute approximate surface area is 151 Å². The van der Waals surface area contributed by atoms with Crippen molar-refractivity contribution in [1.82, 2.24) is 10.6 Å². The molecule has 0 bridgehead atoms. The molecule has 1 saturated heterocycles. The van der Waals surface area contributed by atoms with Crippen molar-refractivity contribution in [2.45, 2.75) is 46.1 Å². The van der Waals surface area contributed by atoms with E-state index in [-0.39, 0.29) is 17.3 Å². The van der Waals surface area contributed by atoms with E-state index in [1.165, 1.54) is 18.6 Å². The van der Waals surface area contributed by atoms with E-state index in [1.54, 1.807) is 7.05 Å². The standard InChI is InChI=1S/C20H32FN3O/c1-20(2,3)18-16(6-5-13-25-18)14-24-19(22-4)23-12-11-15-7-9-17(21)10-8-15/h7-10,16,18H,5-6,11-14H2,1-4H3,(H2,22,23,24). The Balaban J connectivity index is 1.78. The summed E-state index contributed by atoms with van der Waals surface area (Å²) in [6.07, 6.45) is 3.40. The summed E-state index contributed by atoms with van der Waals surface area (Å²) >= 11 is 0. The molecule has 0 aromatic heterocycles. The highest BCUT2D eigenvalue weighted by atomic mass is 19.1. The van der Waals surface area contributed by atoms with Crippen LogP contribution in [0.15, 0.2) is 29.3 Å². The predicted molar refractivity (Wildman–Crippen MR) is 101 cm³/mol. The molecule has 1 aliphatic rings. The second kappa shape index (κ2) is 9.18. The zero-order valence-corrected chi connectivity index (χ0v) is 15.9. The summed E-state index contributed by atoms with van der Waals surface area (Å²) in [5, 5.41) is 6.77. The van der Waals surface area contributed by atoms with E-state index in [2.05, 4.69) is 36.4 Å². The van der Waals surface area contributed by atoms with Gasteiger partial charge in [-0.05, 0) is 42.4 Å². The topological polar surface area (TPSA) is 45.7 Å². The molecule has 5 heteroatoms. The van der Waals surface area contributed by atoms with Crippen molar-refractivity contribution >= 4 is 5.96 Å². The molecule has 2 N–H and O–H groups in total. The minimum absolute atomic E-state index is 0.145. The van der Waals surface area contributed by atoms with E-state index in [0.717, 1.165) is 44.1 Å². The zero-order valence-electron chi connectivity index (χ0n) is 15.9. The lowest BCUT2D eigenvalue weighted by atomic mass is 9.78. The first-order chi connectivity index (χ1) is 11.9. The molecule has 4 nitrogen and oxygen atoms in total.